The Hall–Kier alpha value is -2.86. The van der Waals surface area contributed by atoms with E-state index in [0.717, 1.165) is 43.9 Å². The van der Waals surface area contributed by atoms with Crippen molar-refractivity contribution in [3.05, 3.63) is 64.4 Å². The molecule has 0 unspecified atom stereocenters. The van der Waals surface area contributed by atoms with E-state index in [1.54, 1.807) is 6.07 Å². The summed E-state index contributed by atoms with van der Waals surface area (Å²) >= 11 is 0. The van der Waals surface area contributed by atoms with E-state index < -0.39 is 0 Å². The first-order valence-corrected chi connectivity index (χ1v) is 8.50. The lowest BCUT2D eigenvalue weighted by Crippen LogP contribution is -2.46. The van der Waals surface area contributed by atoms with E-state index in [4.69, 9.17) is 5.73 Å². The summed E-state index contributed by atoms with van der Waals surface area (Å²) in [6, 6.07) is 15.5. The summed E-state index contributed by atoms with van der Waals surface area (Å²) in [5.74, 6) is 0.663. The minimum Gasteiger partial charge on any atom is -0.399 e. The number of piperazine rings is 1. The third kappa shape index (κ3) is 3.34. The van der Waals surface area contributed by atoms with Gasteiger partial charge in [0.1, 0.15) is 0 Å². The number of para-hydroxylation sites is 1. The maximum absolute atomic E-state index is 12.2. The Morgan fingerprint density at radius 2 is 1.72 bits per heavy atom. The summed E-state index contributed by atoms with van der Waals surface area (Å²) in [7, 11) is 0. The van der Waals surface area contributed by atoms with Crippen LogP contribution in [0.4, 0.5) is 11.6 Å². The summed E-state index contributed by atoms with van der Waals surface area (Å²) in [5.41, 5.74) is 8.46. The molecular formula is C19H21N5O. The van der Waals surface area contributed by atoms with Gasteiger partial charge in [-0.05, 0) is 29.8 Å². The van der Waals surface area contributed by atoms with Gasteiger partial charge >= 0.3 is 0 Å². The molecule has 2 aromatic carbocycles. The highest BCUT2D eigenvalue weighted by atomic mass is 16.1. The van der Waals surface area contributed by atoms with E-state index in [2.05, 4.69) is 31.9 Å². The van der Waals surface area contributed by atoms with Gasteiger partial charge in [0.25, 0.3) is 5.56 Å². The predicted octanol–water partition coefficient (Wildman–Crippen LogP) is 1.83. The highest BCUT2D eigenvalue weighted by Gasteiger charge is 2.19. The molecular weight excluding hydrogens is 314 g/mol. The smallest absolute Gasteiger partial charge is 0.260 e. The first-order chi connectivity index (χ1) is 12.2. The third-order valence-corrected chi connectivity index (χ3v) is 4.66. The molecule has 0 amide bonds. The summed E-state index contributed by atoms with van der Waals surface area (Å²) in [6.07, 6.45) is 0. The number of anilines is 2. The lowest BCUT2D eigenvalue weighted by Gasteiger charge is -2.35. The Bertz CT molecular complexity index is 926. The predicted molar refractivity (Wildman–Crippen MR) is 101 cm³/mol. The Morgan fingerprint density at radius 3 is 2.48 bits per heavy atom. The van der Waals surface area contributed by atoms with Crippen molar-refractivity contribution in [2.45, 2.75) is 6.54 Å². The van der Waals surface area contributed by atoms with Gasteiger partial charge in [-0.25, -0.2) is 4.98 Å². The molecule has 0 atom stereocenters. The summed E-state index contributed by atoms with van der Waals surface area (Å²) in [4.78, 5) is 24.3. The van der Waals surface area contributed by atoms with Gasteiger partial charge in [0, 0.05) is 38.4 Å². The molecule has 4 rings (SSSR count). The fourth-order valence-corrected chi connectivity index (χ4v) is 3.22. The lowest BCUT2D eigenvalue weighted by atomic mass is 10.2. The average Bonchev–Trinajstić information content (AvgIpc) is 2.64. The van der Waals surface area contributed by atoms with Gasteiger partial charge in [0.15, 0.2) is 0 Å². The van der Waals surface area contributed by atoms with Gasteiger partial charge in [-0.2, -0.15) is 0 Å². The van der Waals surface area contributed by atoms with E-state index in [0.29, 0.717) is 11.3 Å². The van der Waals surface area contributed by atoms with Gasteiger partial charge in [-0.3, -0.25) is 14.7 Å². The molecule has 0 aliphatic carbocycles. The van der Waals surface area contributed by atoms with Gasteiger partial charge < -0.3 is 10.6 Å². The zero-order chi connectivity index (χ0) is 17.2. The largest absolute Gasteiger partial charge is 0.399 e. The highest BCUT2D eigenvalue weighted by Crippen LogP contribution is 2.15. The minimum atomic E-state index is -0.0788. The summed E-state index contributed by atoms with van der Waals surface area (Å²) < 4.78 is 0. The highest BCUT2D eigenvalue weighted by molar-refractivity contribution is 5.78. The third-order valence-electron chi connectivity index (χ3n) is 4.66. The number of hydrogen-bond donors (Lipinski definition) is 2. The summed E-state index contributed by atoms with van der Waals surface area (Å²) in [5, 5.41) is 0.633. The molecule has 0 radical (unpaired) electrons. The van der Waals surface area contributed by atoms with E-state index in [1.165, 1.54) is 5.56 Å². The van der Waals surface area contributed by atoms with Crippen LogP contribution in [-0.2, 0) is 6.54 Å². The van der Waals surface area contributed by atoms with E-state index in [1.807, 2.05) is 30.3 Å². The molecule has 3 N–H and O–H groups in total. The number of nitrogens with two attached hydrogens (primary N) is 1. The molecule has 6 heteroatoms. The van der Waals surface area contributed by atoms with Crippen LogP contribution in [-0.4, -0.2) is 41.0 Å². The Kier molecular flexibility index (Phi) is 4.11. The van der Waals surface area contributed by atoms with Crippen molar-refractivity contribution in [3.63, 3.8) is 0 Å². The van der Waals surface area contributed by atoms with Crippen molar-refractivity contribution in [3.8, 4) is 0 Å². The van der Waals surface area contributed by atoms with Crippen LogP contribution in [0.15, 0.2) is 53.3 Å². The minimum absolute atomic E-state index is 0.0788. The molecule has 6 nitrogen and oxygen atoms in total. The number of aromatic nitrogens is 2. The SMILES string of the molecule is Nc1ccc(CN2CCN(c3nc4ccccc4c(=O)[nH]3)CC2)cc1. The summed E-state index contributed by atoms with van der Waals surface area (Å²) in [6.45, 7) is 4.46. The van der Waals surface area contributed by atoms with Crippen LogP contribution in [0.2, 0.25) is 0 Å². The van der Waals surface area contributed by atoms with E-state index in [-0.39, 0.29) is 5.56 Å². The molecule has 1 aliphatic heterocycles. The number of nitrogen functional groups attached to an aromatic ring is 1. The number of nitrogens with one attached hydrogen (secondary N) is 1. The molecule has 1 aliphatic rings. The van der Waals surface area contributed by atoms with Crippen LogP contribution < -0.4 is 16.2 Å². The molecule has 1 saturated heterocycles. The second kappa shape index (κ2) is 6.57. The normalized spacial score (nSPS) is 15.6. The molecule has 25 heavy (non-hydrogen) atoms. The van der Waals surface area contributed by atoms with Crippen LogP contribution in [0.1, 0.15) is 5.56 Å². The molecule has 3 aromatic rings. The maximum Gasteiger partial charge on any atom is 0.260 e. The van der Waals surface area contributed by atoms with Crippen LogP contribution in [0.5, 0.6) is 0 Å². The maximum atomic E-state index is 12.2. The van der Waals surface area contributed by atoms with Crippen LogP contribution in [0.3, 0.4) is 0 Å². The average molecular weight is 335 g/mol. The monoisotopic (exact) mass is 335 g/mol. The van der Waals surface area contributed by atoms with Crippen molar-refractivity contribution in [1.82, 2.24) is 14.9 Å². The number of fused-ring (bicyclic) bond motifs is 1. The van der Waals surface area contributed by atoms with Crippen LogP contribution >= 0.6 is 0 Å². The van der Waals surface area contributed by atoms with Crippen LogP contribution in [0, 0.1) is 0 Å². The molecule has 2 heterocycles. The van der Waals surface area contributed by atoms with Crippen molar-refractivity contribution in [2.75, 3.05) is 36.8 Å². The molecule has 0 saturated carbocycles. The Balaban J connectivity index is 1.45. The second-order valence-corrected chi connectivity index (χ2v) is 6.41. The first-order valence-electron chi connectivity index (χ1n) is 8.50. The van der Waals surface area contributed by atoms with Gasteiger partial charge in [0.2, 0.25) is 5.95 Å². The van der Waals surface area contributed by atoms with Gasteiger partial charge in [-0.1, -0.05) is 24.3 Å². The Labute approximate surface area is 145 Å². The van der Waals surface area contributed by atoms with Crippen LogP contribution in [0.25, 0.3) is 10.9 Å². The van der Waals surface area contributed by atoms with Crippen molar-refractivity contribution in [1.29, 1.82) is 0 Å². The second-order valence-electron chi connectivity index (χ2n) is 6.41. The van der Waals surface area contributed by atoms with Gasteiger partial charge in [-0.15, -0.1) is 0 Å². The molecule has 1 aromatic heterocycles. The number of H-pyrrole nitrogens is 1. The topological polar surface area (TPSA) is 78.2 Å². The lowest BCUT2D eigenvalue weighted by molar-refractivity contribution is 0.249. The zero-order valence-corrected chi connectivity index (χ0v) is 14.0. The van der Waals surface area contributed by atoms with Crippen molar-refractivity contribution >= 4 is 22.5 Å². The van der Waals surface area contributed by atoms with Crippen molar-refractivity contribution < 1.29 is 0 Å². The standard InChI is InChI=1S/C19H21N5O/c20-15-7-5-14(6-8-15)13-23-9-11-24(12-10-23)19-21-17-4-2-1-3-16(17)18(25)22-19/h1-8H,9-13,20H2,(H,21,22,25). The van der Waals surface area contributed by atoms with Gasteiger partial charge in [0.05, 0.1) is 10.9 Å². The Morgan fingerprint density at radius 1 is 1.00 bits per heavy atom. The number of benzene rings is 2. The number of aromatic amines is 1. The molecule has 1 fully saturated rings. The molecule has 0 spiro atoms. The first kappa shape index (κ1) is 15.7. The number of hydrogen-bond acceptors (Lipinski definition) is 5. The van der Waals surface area contributed by atoms with E-state index >= 15 is 0 Å². The number of nitrogens with zero attached hydrogens (tertiary/aromatic N) is 3. The van der Waals surface area contributed by atoms with E-state index in [9.17, 15) is 4.79 Å². The fourth-order valence-electron chi connectivity index (χ4n) is 3.22. The fraction of sp³-hybridized carbons (Fsp3) is 0.263. The molecule has 128 valence electrons. The van der Waals surface area contributed by atoms with Crippen molar-refractivity contribution in [2.24, 2.45) is 0 Å². The zero-order valence-electron chi connectivity index (χ0n) is 14.0. The number of rotatable bonds is 3. The molecule has 0 bridgehead atoms. The quantitative estimate of drug-likeness (QED) is 0.714.